The van der Waals surface area contributed by atoms with Gasteiger partial charge in [0.15, 0.2) is 0 Å². The second-order valence-corrected chi connectivity index (χ2v) is 4.91. The zero-order chi connectivity index (χ0) is 12.8. The van der Waals surface area contributed by atoms with Gasteiger partial charge in [-0.15, -0.1) is 0 Å². The topological polar surface area (TPSA) is 30.5 Å². The van der Waals surface area contributed by atoms with Crippen LogP contribution >= 0.6 is 0 Å². The monoisotopic (exact) mass is 249 g/mol. The summed E-state index contributed by atoms with van der Waals surface area (Å²) < 4.78 is 11.1. The van der Waals surface area contributed by atoms with Crippen LogP contribution in [0.1, 0.15) is 31.7 Å². The van der Waals surface area contributed by atoms with E-state index in [0.29, 0.717) is 6.61 Å². The summed E-state index contributed by atoms with van der Waals surface area (Å²) in [5, 5.41) is 3.52. The van der Waals surface area contributed by atoms with Gasteiger partial charge < -0.3 is 14.8 Å². The molecule has 0 amide bonds. The molecule has 1 fully saturated rings. The molecule has 0 aromatic heterocycles. The molecule has 3 nitrogen and oxygen atoms in total. The molecule has 18 heavy (non-hydrogen) atoms. The number of hydrogen-bond acceptors (Lipinski definition) is 3. The van der Waals surface area contributed by atoms with Crippen molar-refractivity contribution in [3.05, 3.63) is 29.8 Å². The Morgan fingerprint density at radius 2 is 2.22 bits per heavy atom. The molecule has 0 aliphatic heterocycles. The number of hydrogen-bond donors (Lipinski definition) is 1. The Morgan fingerprint density at radius 1 is 1.39 bits per heavy atom. The van der Waals surface area contributed by atoms with Gasteiger partial charge in [-0.2, -0.15) is 0 Å². The van der Waals surface area contributed by atoms with Gasteiger partial charge in [0.2, 0.25) is 0 Å². The van der Waals surface area contributed by atoms with Gasteiger partial charge in [-0.3, -0.25) is 0 Å². The number of methoxy groups -OCH3 is 1. The van der Waals surface area contributed by atoms with Crippen molar-refractivity contribution in [3.63, 3.8) is 0 Å². The fraction of sp³-hybridized carbons (Fsp3) is 0.600. The van der Waals surface area contributed by atoms with E-state index in [1.165, 1.54) is 12.8 Å². The van der Waals surface area contributed by atoms with Crippen LogP contribution in [-0.4, -0.2) is 25.8 Å². The molecule has 0 bridgehead atoms. The van der Waals surface area contributed by atoms with Crippen molar-refractivity contribution < 1.29 is 9.47 Å². The lowest BCUT2D eigenvalue weighted by Crippen LogP contribution is -2.32. The summed E-state index contributed by atoms with van der Waals surface area (Å²) in [6, 6.07) is 8.88. The van der Waals surface area contributed by atoms with Crippen molar-refractivity contribution in [1.29, 1.82) is 0 Å². The molecule has 1 unspecified atom stereocenters. The van der Waals surface area contributed by atoms with Gasteiger partial charge in [-0.1, -0.05) is 19.1 Å². The van der Waals surface area contributed by atoms with Gasteiger partial charge >= 0.3 is 0 Å². The van der Waals surface area contributed by atoms with Crippen molar-refractivity contribution >= 4 is 0 Å². The minimum absolute atomic E-state index is 0.253. The van der Waals surface area contributed by atoms with Crippen LogP contribution in [-0.2, 0) is 11.3 Å². The van der Waals surface area contributed by atoms with E-state index in [4.69, 9.17) is 9.47 Å². The third-order valence-electron chi connectivity index (χ3n) is 3.18. The van der Waals surface area contributed by atoms with Crippen LogP contribution in [0.15, 0.2) is 24.3 Å². The van der Waals surface area contributed by atoms with E-state index in [0.717, 1.165) is 30.3 Å². The summed E-state index contributed by atoms with van der Waals surface area (Å²) in [6.45, 7) is 3.74. The first-order valence-electron chi connectivity index (χ1n) is 6.79. The van der Waals surface area contributed by atoms with Crippen LogP contribution in [0.2, 0.25) is 0 Å². The molecule has 1 aliphatic rings. The smallest absolute Gasteiger partial charge is 0.120 e. The maximum atomic E-state index is 6.01. The Bertz CT molecular complexity index is 363. The molecule has 1 aromatic carbocycles. The van der Waals surface area contributed by atoms with Gasteiger partial charge in [-0.25, -0.2) is 0 Å². The summed E-state index contributed by atoms with van der Waals surface area (Å²) in [5.41, 5.74) is 1.15. The Morgan fingerprint density at radius 3 is 2.89 bits per heavy atom. The van der Waals surface area contributed by atoms with Crippen LogP contribution in [0.25, 0.3) is 0 Å². The standard InChI is InChI=1S/C15H23NO2/c1-3-14(10-16-13-7-8-13)18-15-6-4-5-12(9-15)11-17-2/h4-6,9,13-14,16H,3,7-8,10-11H2,1-2H3. The molecule has 0 radical (unpaired) electrons. The largest absolute Gasteiger partial charge is 0.489 e. The highest BCUT2D eigenvalue weighted by atomic mass is 16.5. The Balaban J connectivity index is 1.86. The van der Waals surface area contributed by atoms with Crippen molar-refractivity contribution in [2.45, 2.75) is 44.9 Å². The van der Waals surface area contributed by atoms with E-state index in [-0.39, 0.29) is 6.10 Å². The van der Waals surface area contributed by atoms with Crippen LogP contribution in [0.3, 0.4) is 0 Å². The van der Waals surface area contributed by atoms with E-state index in [9.17, 15) is 0 Å². The number of ether oxygens (including phenoxy) is 2. The molecule has 1 N–H and O–H groups in total. The Kier molecular flexibility index (Phi) is 5.02. The van der Waals surface area contributed by atoms with Crippen LogP contribution < -0.4 is 10.1 Å². The molecular formula is C15H23NO2. The lowest BCUT2D eigenvalue weighted by atomic mass is 10.2. The van der Waals surface area contributed by atoms with Crippen molar-refractivity contribution in [1.82, 2.24) is 5.32 Å². The van der Waals surface area contributed by atoms with E-state index < -0.39 is 0 Å². The second-order valence-electron chi connectivity index (χ2n) is 4.91. The molecule has 1 saturated carbocycles. The highest BCUT2D eigenvalue weighted by Gasteiger charge is 2.21. The SMILES string of the molecule is CCC(CNC1CC1)Oc1cccc(COC)c1. The maximum Gasteiger partial charge on any atom is 0.120 e. The fourth-order valence-electron chi connectivity index (χ4n) is 1.92. The third kappa shape index (κ3) is 4.31. The zero-order valence-corrected chi connectivity index (χ0v) is 11.3. The van der Waals surface area contributed by atoms with Gasteiger partial charge in [0.25, 0.3) is 0 Å². The van der Waals surface area contributed by atoms with Crippen molar-refractivity contribution in [3.8, 4) is 5.75 Å². The number of benzene rings is 1. The molecule has 0 spiro atoms. The molecule has 0 heterocycles. The average molecular weight is 249 g/mol. The lowest BCUT2D eigenvalue weighted by molar-refractivity contribution is 0.180. The van der Waals surface area contributed by atoms with E-state index in [1.54, 1.807) is 7.11 Å². The summed E-state index contributed by atoms with van der Waals surface area (Å²) in [6.07, 6.45) is 3.91. The van der Waals surface area contributed by atoms with Gasteiger partial charge in [-0.05, 0) is 37.0 Å². The van der Waals surface area contributed by atoms with Gasteiger partial charge in [0.05, 0.1) is 6.61 Å². The van der Waals surface area contributed by atoms with Crippen LogP contribution in [0.4, 0.5) is 0 Å². The lowest BCUT2D eigenvalue weighted by Gasteiger charge is -2.18. The fourth-order valence-corrected chi connectivity index (χ4v) is 1.92. The zero-order valence-electron chi connectivity index (χ0n) is 11.3. The molecule has 3 heteroatoms. The normalized spacial score (nSPS) is 16.6. The summed E-state index contributed by atoms with van der Waals surface area (Å²) >= 11 is 0. The van der Waals surface area contributed by atoms with Gasteiger partial charge in [0.1, 0.15) is 11.9 Å². The van der Waals surface area contributed by atoms with Crippen molar-refractivity contribution in [2.75, 3.05) is 13.7 Å². The summed E-state index contributed by atoms with van der Waals surface area (Å²) in [5.74, 6) is 0.939. The highest BCUT2D eigenvalue weighted by molar-refractivity contribution is 5.28. The first-order valence-corrected chi connectivity index (χ1v) is 6.79. The van der Waals surface area contributed by atoms with E-state index in [1.807, 2.05) is 12.1 Å². The van der Waals surface area contributed by atoms with Gasteiger partial charge in [0, 0.05) is 19.7 Å². The highest BCUT2D eigenvalue weighted by Crippen LogP contribution is 2.20. The third-order valence-corrected chi connectivity index (χ3v) is 3.18. The molecule has 0 saturated heterocycles. The Hall–Kier alpha value is -1.06. The first-order chi connectivity index (χ1) is 8.81. The first kappa shape index (κ1) is 13.4. The number of rotatable bonds is 8. The molecule has 1 atom stereocenters. The predicted molar refractivity (Wildman–Crippen MR) is 72.9 cm³/mol. The Labute approximate surface area is 109 Å². The second kappa shape index (κ2) is 6.76. The van der Waals surface area contributed by atoms with E-state index in [2.05, 4.69) is 24.4 Å². The molecule has 100 valence electrons. The average Bonchev–Trinajstić information content (AvgIpc) is 3.19. The summed E-state index contributed by atoms with van der Waals surface area (Å²) in [7, 11) is 1.71. The minimum atomic E-state index is 0.253. The predicted octanol–water partition coefficient (Wildman–Crippen LogP) is 2.74. The van der Waals surface area contributed by atoms with E-state index >= 15 is 0 Å². The van der Waals surface area contributed by atoms with Crippen LogP contribution in [0, 0.1) is 0 Å². The molecule has 1 aliphatic carbocycles. The van der Waals surface area contributed by atoms with Crippen LogP contribution in [0.5, 0.6) is 5.75 Å². The van der Waals surface area contributed by atoms with Crippen molar-refractivity contribution in [2.24, 2.45) is 0 Å². The molecule has 2 rings (SSSR count). The maximum absolute atomic E-state index is 6.01. The summed E-state index contributed by atoms with van der Waals surface area (Å²) in [4.78, 5) is 0. The number of nitrogens with one attached hydrogen (secondary N) is 1. The molecular weight excluding hydrogens is 226 g/mol. The quantitative estimate of drug-likeness (QED) is 0.768. The molecule has 1 aromatic rings. The minimum Gasteiger partial charge on any atom is -0.489 e.